The van der Waals surface area contributed by atoms with E-state index < -0.39 is 9.84 Å². The largest absolute Gasteiger partial charge is 0.384 e. The van der Waals surface area contributed by atoms with Crippen LogP contribution in [0.2, 0.25) is 0 Å². The molecule has 0 saturated heterocycles. The Labute approximate surface area is 185 Å². The smallest absolute Gasteiger partial charge is 0.260 e. The molecule has 9 heteroatoms. The average Bonchev–Trinajstić information content (AvgIpc) is 2.76. The van der Waals surface area contributed by atoms with E-state index in [0.29, 0.717) is 16.9 Å². The highest BCUT2D eigenvalue weighted by Gasteiger charge is 2.25. The fourth-order valence-electron chi connectivity index (χ4n) is 3.43. The molecule has 3 aromatic heterocycles. The van der Waals surface area contributed by atoms with Crippen molar-refractivity contribution in [3.05, 3.63) is 83.8 Å². The zero-order valence-corrected chi connectivity index (χ0v) is 18.4. The molecule has 8 nitrogen and oxygen atoms in total. The number of aryl methyl sites for hydroxylation is 1. The zero-order chi connectivity index (χ0) is 22.9. The first-order chi connectivity index (χ1) is 15.2. The minimum atomic E-state index is -3.68. The lowest BCUT2D eigenvalue weighted by molar-refractivity contribution is 0.0984. The third-order valence-electron chi connectivity index (χ3n) is 4.88. The topological polar surface area (TPSA) is 119 Å². The molecule has 3 heterocycles. The second-order valence-electron chi connectivity index (χ2n) is 7.51. The third kappa shape index (κ3) is 4.42. The molecule has 0 saturated carbocycles. The van der Waals surface area contributed by atoms with Crippen molar-refractivity contribution in [1.82, 2.24) is 15.0 Å². The highest BCUT2D eigenvalue weighted by molar-refractivity contribution is 7.90. The van der Waals surface area contributed by atoms with E-state index in [-0.39, 0.29) is 23.2 Å². The summed E-state index contributed by atoms with van der Waals surface area (Å²) in [4.78, 5) is 27.4. The average molecular weight is 448 g/mol. The Kier molecular flexibility index (Phi) is 5.58. The molecule has 32 heavy (non-hydrogen) atoms. The van der Waals surface area contributed by atoms with Crippen LogP contribution < -0.4 is 10.6 Å². The van der Waals surface area contributed by atoms with Gasteiger partial charge < -0.3 is 10.6 Å². The summed E-state index contributed by atoms with van der Waals surface area (Å²) in [5.74, 6) is -0.000212. The number of sulfone groups is 1. The quantitative estimate of drug-likeness (QED) is 0.499. The van der Waals surface area contributed by atoms with Gasteiger partial charge in [-0.2, -0.15) is 0 Å². The summed E-state index contributed by atoms with van der Waals surface area (Å²) in [6.45, 7) is 1.94. The van der Waals surface area contributed by atoms with Crippen molar-refractivity contribution >= 4 is 38.2 Å². The van der Waals surface area contributed by atoms with E-state index in [1.807, 2.05) is 31.2 Å². The summed E-state index contributed by atoms with van der Waals surface area (Å²) in [5.41, 5.74) is 8.61. The van der Waals surface area contributed by atoms with Gasteiger partial charge in [0.05, 0.1) is 23.3 Å². The second kappa shape index (κ2) is 8.35. The van der Waals surface area contributed by atoms with Crippen LogP contribution in [0.1, 0.15) is 21.5 Å². The Hall–Kier alpha value is -3.85. The minimum absolute atomic E-state index is 0.105. The Balaban J connectivity index is 1.84. The maximum Gasteiger partial charge on any atom is 0.260 e. The molecule has 0 unspecified atom stereocenters. The second-order valence-corrected chi connectivity index (χ2v) is 9.44. The van der Waals surface area contributed by atoms with Crippen molar-refractivity contribution < 1.29 is 13.2 Å². The highest BCUT2D eigenvalue weighted by Crippen LogP contribution is 2.27. The van der Waals surface area contributed by atoms with Crippen LogP contribution in [0.25, 0.3) is 10.9 Å². The maximum atomic E-state index is 13.5. The van der Waals surface area contributed by atoms with Crippen molar-refractivity contribution in [2.45, 2.75) is 18.5 Å². The number of carbonyl (C=O) groups excluding carboxylic acids is 1. The van der Waals surface area contributed by atoms with E-state index in [2.05, 4.69) is 15.0 Å². The number of nitrogens with zero attached hydrogens (tertiary/aromatic N) is 4. The molecule has 0 spiro atoms. The van der Waals surface area contributed by atoms with Gasteiger partial charge in [0, 0.05) is 30.2 Å². The number of pyridine rings is 3. The van der Waals surface area contributed by atoms with E-state index in [4.69, 9.17) is 5.73 Å². The lowest BCUT2D eigenvalue weighted by Crippen LogP contribution is -2.32. The Morgan fingerprint density at radius 1 is 1.09 bits per heavy atom. The number of amides is 1. The Morgan fingerprint density at radius 2 is 1.88 bits per heavy atom. The standard InChI is InChI=1S/C23H21N5O3S/c1-15-10-18(13-25-12-15)23(29)28(20-4-3-9-26-22(20)32(2,30)31)14-16-5-6-17-7-8-21(24)27-19(17)11-16/h3-13H,14H2,1-2H3,(H2,24,27). The van der Waals surface area contributed by atoms with E-state index in [1.165, 1.54) is 17.3 Å². The number of nitrogens with two attached hydrogens (primary N) is 1. The number of anilines is 2. The molecule has 0 radical (unpaired) electrons. The fraction of sp³-hybridized carbons (Fsp3) is 0.130. The zero-order valence-electron chi connectivity index (χ0n) is 17.6. The molecule has 0 aliphatic rings. The summed E-state index contributed by atoms with van der Waals surface area (Å²) < 4.78 is 24.8. The maximum absolute atomic E-state index is 13.5. The van der Waals surface area contributed by atoms with Gasteiger partial charge in [-0.15, -0.1) is 0 Å². The summed E-state index contributed by atoms with van der Waals surface area (Å²) >= 11 is 0. The van der Waals surface area contributed by atoms with E-state index in [9.17, 15) is 13.2 Å². The third-order valence-corrected chi connectivity index (χ3v) is 5.90. The van der Waals surface area contributed by atoms with Crippen LogP contribution in [-0.4, -0.2) is 35.5 Å². The van der Waals surface area contributed by atoms with Gasteiger partial charge in [-0.25, -0.2) is 18.4 Å². The molecule has 0 aliphatic carbocycles. The Bertz CT molecular complexity index is 1440. The van der Waals surface area contributed by atoms with Crippen molar-refractivity contribution in [2.75, 3.05) is 16.9 Å². The SMILES string of the molecule is Cc1cncc(C(=O)N(Cc2ccc3ccc(N)nc3c2)c2cccnc2S(C)(=O)=O)c1. The number of fused-ring (bicyclic) bond motifs is 1. The summed E-state index contributed by atoms with van der Waals surface area (Å²) in [6, 6.07) is 14.0. The van der Waals surface area contributed by atoms with E-state index in [0.717, 1.165) is 22.8 Å². The number of carbonyl (C=O) groups is 1. The van der Waals surface area contributed by atoms with E-state index >= 15 is 0 Å². The van der Waals surface area contributed by atoms with Crippen molar-refractivity contribution in [2.24, 2.45) is 0 Å². The van der Waals surface area contributed by atoms with Crippen molar-refractivity contribution in [3.8, 4) is 0 Å². The Morgan fingerprint density at radius 3 is 2.62 bits per heavy atom. The molecule has 1 aromatic carbocycles. The first-order valence-corrected chi connectivity index (χ1v) is 11.7. The van der Waals surface area contributed by atoms with Gasteiger partial charge in [-0.3, -0.25) is 9.78 Å². The highest BCUT2D eigenvalue weighted by atomic mass is 32.2. The number of hydrogen-bond acceptors (Lipinski definition) is 7. The first-order valence-electron chi connectivity index (χ1n) is 9.76. The molecule has 2 N–H and O–H groups in total. The van der Waals surface area contributed by atoms with Gasteiger partial charge >= 0.3 is 0 Å². The monoisotopic (exact) mass is 447 g/mol. The number of benzene rings is 1. The van der Waals surface area contributed by atoms with Crippen LogP contribution in [0.3, 0.4) is 0 Å². The van der Waals surface area contributed by atoms with Gasteiger partial charge in [0.25, 0.3) is 5.91 Å². The normalized spacial score (nSPS) is 11.4. The van der Waals surface area contributed by atoms with Gasteiger partial charge in [0.15, 0.2) is 14.9 Å². The van der Waals surface area contributed by atoms with Crippen molar-refractivity contribution in [1.29, 1.82) is 0 Å². The molecule has 0 bridgehead atoms. The van der Waals surface area contributed by atoms with Gasteiger partial charge in [0.1, 0.15) is 5.82 Å². The molecule has 0 aliphatic heterocycles. The minimum Gasteiger partial charge on any atom is -0.384 e. The molecule has 0 fully saturated rings. The number of nitrogen functional groups attached to an aromatic ring is 1. The molecule has 1 amide bonds. The molecule has 4 rings (SSSR count). The van der Waals surface area contributed by atoms with E-state index in [1.54, 1.807) is 30.5 Å². The number of aromatic nitrogens is 3. The lowest BCUT2D eigenvalue weighted by Gasteiger charge is -2.24. The van der Waals surface area contributed by atoms with Gasteiger partial charge in [-0.05, 0) is 54.4 Å². The molecule has 0 atom stereocenters. The molecule has 162 valence electrons. The van der Waals surface area contributed by atoms with Crippen molar-refractivity contribution in [3.63, 3.8) is 0 Å². The van der Waals surface area contributed by atoms with Gasteiger partial charge in [-0.1, -0.05) is 12.1 Å². The van der Waals surface area contributed by atoms with Gasteiger partial charge in [0.2, 0.25) is 0 Å². The predicted molar refractivity (Wildman–Crippen MR) is 123 cm³/mol. The van der Waals surface area contributed by atoms with Crippen LogP contribution in [0.4, 0.5) is 11.5 Å². The summed E-state index contributed by atoms with van der Waals surface area (Å²) in [5, 5.41) is 0.735. The molecular formula is C23H21N5O3S. The summed E-state index contributed by atoms with van der Waals surface area (Å²) in [6.07, 6.45) is 5.56. The first kappa shape index (κ1) is 21.4. The molecule has 4 aromatic rings. The predicted octanol–water partition coefficient (Wildman–Crippen LogP) is 3.17. The lowest BCUT2D eigenvalue weighted by atomic mass is 10.1. The van der Waals surface area contributed by atoms with Crippen LogP contribution in [0, 0.1) is 6.92 Å². The number of hydrogen-bond donors (Lipinski definition) is 1. The fourth-order valence-corrected chi connectivity index (χ4v) is 4.24. The van der Waals surface area contributed by atoms with Crippen LogP contribution in [0.5, 0.6) is 0 Å². The number of rotatable bonds is 5. The van der Waals surface area contributed by atoms with Crippen LogP contribution >= 0.6 is 0 Å². The molecular weight excluding hydrogens is 426 g/mol. The van der Waals surface area contributed by atoms with Crippen LogP contribution in [-0.2, 0) is 16.4 Å². The summed E-state index contributed by atoms with van der Waals surface area (Å²) in [7, 11) is -3.68. The van der Waals surface area contributed by atoms with Crippen LogP contribution in [0.15, 0.2) is 72.1 Å².